The molecule has 5 rings (SSSR count). The minimum absolute atomic E-state index is 0.00408. The number of carbonyl (C=O) groups excluding carboxylic acids is 2. The fraction of sp³-hybridized carbons (Fsp3) is 0.250. The van der Waals surface area contributed by atoms with E-state index in [0.717, 1.165) is 25.1 Å². The Labute approximate surface area is 155 Å². The van der Waals surface area contributed by atoms with Gasteiger partial charge in [-0.15, -0.1) is 0 Å². The molecule has 2 aliphatic heterocycles. The predicted molar refractivity (Wildman–Crippen MR) is 102 cm³/mol. The summed E-state index contributed by atoms with van der Waals surface area (Å²) in [5.41, 5.74) is 4.18. The van der Waals surface area contributed by atoms with Gasteiger partial charge in [0.05, 0.1) is 11.4 Å². The molecule has 136 valence electrons. The summed E-state index contributed by atoms with van der Waals surface area (Å²) >= 11 is 0. The monoisotopic (exact) mass is 362 g/mol. The van der Waals surface area contributed by atoms with Crippen molar-refractivity contribution in [2.45, 2.75) is 25.8 Å². The van der Waals surface area contributed by atoms with Gasteiger partial charge >= 0.3 is 0 Å². The molecule has 1 aromatic heterocycles. The largest absolute Gasteiger partial charge is 0.441 e. The molecule has 7 nitrogen and oxygen atoms in total. The van der Waals surface area contributed by atoms with Gasteiger partial charge in [0.1, 0.15) is 11.6 Å². The van der Waals surface area contributed by atoms with Crippen LogP contribution in [0.25, 0.3) is 11.1 Å². The molecule has 0 saturated carbocycles. The maximum Gasteiger partial charge on any atom is 0.255 e. The van der Waals surface area contributed by atoms with Crippen molar-refractivity contribution in [3.05, 3.63) is 47.9 Å². The maximum absolute atomic E-state index is 12.7. The first kappa shape index (κ1) is 15.9. The lowest BCUT2D eigenvalue weighted by atomic mass is 10.1. The van der Waals surface area contributed by atoms with Crippen LogP contribution in [-0.4, -0.2) is 29.4 Å². The van der Waals surface area contributed by atoms with Gasteiger partial charge in [-0.3, -0.25) is 9.59 Å². The number of benzene rings is 2. The Kier molecular flexibility index (Phi) is 3.43. The fourth-order valence-electron chi connectivity index (χ4n) is 3.90. The highest BCUT2D eigenvalue weighted by atomic mass is 16.3. The third-order valence-electron chi connectivity index (χ3n) is 5.13. The summed E-state index contributed by atoms with van der Waals surface area (Å²) in [6, 6.07) is 10.7. The average molecular weight is 362 g/mol. The topological polar surface area (TPSA) is 87.5 Å². The number of aryl methyl sites for hydroxylation is 1. The summed E-state index contributed by atoms with van der Waals surface area (Å²) < 4.78 is 5.45. The number of hydrogen-bond donors (Lipinski definition) is 2. The Morgan fingerprint density at radius 2 is 2.19 bits per heavy atom. The summed E-state index contributed by atoms with van der Waals surface area (Å²) in [5.74, 6) is 0.346. The van der Waals surface area contributed by atoms with Crippen molar-refractivity contribution in [1.82, 2.24) is 4.98 Å². The zero-order valence-electron chi connectivity index (χ0n) is 14.8. The van der Waals surface area contributed by atoms with Crippen molar-refractivity contribution in [2.24, 2.45) is 0 Å². The number of aromatic nitrogens is 1. The lowest BCUT2D eigenvalue weighted by molar-refractivity contribution is -0.117. The van der Waals surface area contributed by atoms with Crippen LogP contribution in [0.15, 0.2) is 40.8 Å². The zero-order valence-corrected chi connectivity index (χ0v) is 14.8. The van der Waals surface area contributed by atoms with Crippen LogP contribution in [0.2, 0.25) is 0 Å². The molecule has 2 aromatic carbocycles. The van der Waals surface area contributed by atoms with Crippen LogP contribution >= 0.6 is 0 Å². The summed E-state index contributed by atoms with van der Waals surface area (Å²) in [5, 5.41) is 5.81. The second-order valence-corrected chi connectivity index (χ2v) is 6.94. The molecule has 1 saturated heterocycles. The lowest BCUT2D eigenvalue weighted by Gasteiger charge is -2.33. The van der Waals surface area contributed by atoms with Gasteiger partial charge in [0.25, 0.3) is 5.91 Å². The molecule has 2 amide bonds. The van der Waals surface area contributed by atoms with Crippen molar-refractivity contribution >= 4 is 40.0 Å². The Morgan fingerprint density at radius 3 is 3.07 bits per heavy atom. The minimum atomic E-state index is -0.241. The van der Waals surface area contributed by atoms with Crippen molar-refractivity contribution in [1.29, 1.82) is 0 Å². The minimum Gasteiger partial charge on any atom is -0.441 e. The van der Waals surface area contributed by atoms with Gasteiger partial charge in [-0.2, -0.15) is 0 Å². The highest BCUT2D eigenvalue weighted by Crippen LogP contribution is 2.37. The number of hydrogen-bond acceptors (Lipinski definition) is 5. The highest BCUT2D eigenvalue weighted by Gasteiger charge is 2.36. The summed E-state index contributed by atoms with van der Waals surface area (Å²) in [6.45, 7) is 2.65. The highest BCUT2D eigenvalue weighted by molar-refractivity contribution is 6.09. The summed E-state index contributed by atoms with van der Waals surface area (Å²) in [7, 11) is 0. The average Bonchev–Trinajstić information content (AvgIpc) is 3.27. The number of nitrogens with one attached hydrogen (secondary N) is 2. The molecule has 3 aromatic rings. The standard InChI is InChI=1S/C20H18N4O3/c1-11-21-15-10-13(5-7-18(15)27-11)22-19(25)12-4-6-16-14(9-12)23-20(26)17-3-2-8-24(16)17/h4-7,9-10,17H,2-3,8H2,1H3,(H,22,25)(H,23,26). The van der Waals surface area contributed by atoms with Crippen molar-refractivity contribution in [3.8, 4) is 0 Å². The molecule has 3 heterocycles. The zero-order chi connectivity index (χ0) is 18.5. The third kappa shape index (κ3) is 2.63. The third-order valence-corrected chi connectivity index (χ3v) is 5.13. The number of nitrogens with zero attached hydrogens (tertiary/aromatic N) is 2. The second kappa shape index (κ2) is 5.84. The van der Waals surface area contributed by atoms with Crippen LogP contribution in [0.1, 0.15) is 29.1 Å². The quantitative estimate of drug-likeness (QED) is 0.730. The molecule has 2 N–H and O–H groups in total. The van der Waals surface area contributed by atoms with Crippen LogP contribution in [0.4, 0.5) is 17.1 Å². The first-order valence-corrected chi connectivity index (χ1v) is 8.98. The molecule has 1 fully saturated rings. The van der Waals surface area contributed by atoms with E-state index in [1.807, 2.05) is 6.07 Å². The van der Waals surface area contributed by atoms with E-state index in [4.69, 9.17) is 4.42 Å². The van der Waals surface area contributed by atoms with E-state index in [-0.39, 0.29) is 17.9 Å². The molecule has 0 spiro atoms. The fourth-order valence-corrected chi connectivity index (χ4v) is 3.90. The lowest BCUT2D eigenvalue weighted by Crippen LogP contribution is -2.43. The Hall–Kier alpha value is -3.35. The van der Waals surface area contributed by atoms with E-state index in [1.54, 1.807) is 37.3 Å². The Morgan fingerprint density at radius 1 is 1.30 bits per heavy atom. The van der Waals surface area contributed by atoms with Gasteiger partial charge in [-0.1, -0.05) is 0 Å². The van der Waals surface area contributed by atoms with Crippen molar-refractivity contribution < 1.29 is 14.0 Å². The molecule has 0 radical (unpaired) electrons. The van der Waals surface area contributed by atoms with Gasteiger partial charge in [0.15, 0.2) is 11.5 Å². The molecular formula is C20H18N4O3. The number of rotatable bonds is 2. The number of amides is 2. The molecular weight excluding hydrogens is 344 g/mol. The van der Waals surface area contributed by atoms with Crippen LogP contribution < -0.4 is 15.5 Å². The van der Waals surface area contributed by atoms with Gasteiger partial charge < -0.3 is 20.0 Å². The van der Waals surface area contributed by atoms with E-state index in [9.17, 15) is 9.59 Å². The molecule has 1 atom stereocenters. The molecule has 27 heavy (non-hydrogen) atoms. The van der Waals surface area contributed by atoms with E-state index in [1.165, 1.54) is 0 Å². The van der Waals surface area contributed by atoms with Crippen LogP contribution in [-0.2, 0) is 4.79 Å². The summed E-state index contributed by atoms with van der Waals surface area (Å²) in [4.78, 5) is 31.3. The van der Waals surface area contributed by atoms with Crippen molar-refractivity contribution in [2.75, 3.05) is 22.1 Å². The van der Waals surface area contributed by atoms with Gasteiger partial charge in [0, 0.05) is 24.7 Å². The number of carbonyl (C=O) groups is 2. The van der Waals surface area contributed by atoms with E-state index < -0.39 is 0 Å². The SMILES string of the molecule is Cc1nc2cc(NC(=O)c3ccc4c(c3)NC(=O)C3CCCN43)ccc2o1. The second-order valence-electron chi connectivity index (χ2n) is 6.94. The van der Waals surface area contributed by atoms with Gasteiger partial charge in [0.2, 0.25) is 5.91 Å². The number of fused-ring (bicyclic) bond motifs is 4. The number of oxazole rings is 1. The summed E-state index contributed by atoms with van der Waals surface area (Å²) in [6.07, 6.45) is 1.88. The van der Waals surface area contributed by atoms with Crippen LogP contribution in [0.3, 0.4) is 0 Å². The van der Waals surface area contributed by atoms with Crippen LogP contribution in [0.5, 0.6) is 0 Å². The predicted octanol–water partition coefficient (Wildman–Crippen LogP) is 3.31. The molecule has 0 aliphatic carbocycles. The Bertz CT molecular complexity index is 1090. The van der Waals surface area contributed by atoms with E-state index in [0.29, 0.717) is 33.9 Å². The molecule has 1 unspecified atom stereocenters. The molecule has 2 aliphatic rings. The molecule has 7 heteroatoms. The first-order valence-electron chi connectivity index (χ1n) is 8.98. The normalized spacial score (nSPS) is 18.2. The van der Waals surface area contributed by atoms with E-state index in [2.05, 4.69) is 20.5 Å². The maximum atomic E-state index is 12.7. The van der Waals surface area contributed by atoms with Crippen molar-refractivity contribution in [3.63, 3.8) is 0 Å². The first-order chi connectivity index (χ1) is 13.1. The number of anilines is 3. The van der Waals surface area contributed by atoms with E-state index >= 15 is 0 Å². The Balaban J connectivity index is 1.41. The molecule has 0 bridgehead atoms. The van der Waals surface area contributed by atoms with Gasteiger partial charge in [-0.25, -0.2) is 4.98 Å². The van der Waals surface area contributed by atoms with Crippen LogP contribution in [0, 0.1) is 6.92 Å². The van der Waals surface area contributed by atoms with Gasteiger partial charge in [-0.05, 0) is 49.2 Å². The smallest absolute Gasteiger partial charge is 0.255 e.